The van der Waals surface area contributed by atoms with Crippen LogP contribution in [0.5, 0.6) is 11.5 Å². The van der Waals surface area contributed by atoms with E-state index in [1.54, 1.807) is 24.3 Å². The number of para-hydroxylation sites is 1. The number of fused-ring (bicyclic) bond motifs is 1. The van der Waals surface area contributed by atoms with Crippen molar-refractivity contribution in [3.8, 4) is 22.6 Å². The zero-order valence-electron chi connectivity index (χ0n) is 9.01. The normalized spacial score (nSPS) is 13.3. The molecule has 1 heterocycles. The number of aromatic hydroxyl groups is 1. The van der Waals surface area contributed by atoms with Crippen LogP contribution in [0, 0.1) is 0 Å². The zero-order chi connectivity index (χ0) is 11.8. The molecule has 2 aromatic rings. The number of phenols is 1. The highest BCUT2D eigenvalue weighted by molar-refractivity contribution is 6.03. The summed E-state index contributed by atoms with van der Waals surface area (Å²) in [4.78, 5) is 11.5. The molecule has 3 heteroatoms. The molecular formula is C14H10O3. The summed E-state index contributed by atoms with van der Waals surface area (Å²) >= 11 is 0. The predicted molar refractivity (Wildman–Crippen MR) is 63.4 cm³/mol. The Hall–Kier alpha value is -2.29. The van der Waals surface area contributed by atoms with Crippen molar-refractivity contribution in [1.82, 2.24) is 0 Å². The van der Waals surface area contributed by atoms with Gasteiger partial charge in [-0.25, -0.2) is 0 Å². The number of carbonyl (C=O) groups is 1. The Morgan fingerprint density at radius 3 is 2.71 bits per heavy atom. The molecule has 3 nitrogen and oxygen atoms in total. The van der Waals surface area contributed by atoms with Gasteiger partial charge in [-0.15, -0.1) is 0 Å². The van der Waals surface area contributed by atoms with Gasteiger partial charge in [0.25, 0.3) is 0 Å². The summed E-state index contributed by atoms with van der Waals surface area (Å²) in [6.45, 7) is 0.111. The Labute approximate surface area is 98.3 Å². The van der Waals surface area contributed by atoms with Crippen LogP contribution in [-0.2, 0) is 0 Å². The SMILES string of the molecule is O=C1COc2ccc(-c3ccccc3O)cc21. The molecule has 0 radical (unpaired) electrons. The van der Waals surface area contributed by atoms with E-state index in [-0.39, 0.29) is 18.1 Å². The van der Waals surface area contributed by atoms with Crippen molar-refractivity contribution in [2.45, 2.75) is 0 Å². The van der Waals surface area contributed by atoms with Gasteiger partial charge < -0.3 is 9.84 Å². The third-order valence-corrected chi connectivity index (χ3v) is 2.85. The van der Waals surface area contributed by atoms with Crippen LogP contribution in [0.15, 0.2) is 42.5 Å². The molecule has 84 valence electrons. The summed E-state index contributed by atoms with van der Waals surface area (Å²) in [7, 11) is 0. The van der Waals surface area contributed by atoms with Gasteiger partial charge in [-0.3, -0.25) is 4.79 Å². The van der Waals surface area contributed by atoms with Crippen molar-refractivity contribution in [2.75, 3.05) is 6.61 Å². The fourth-order valence-corrected chi connectivity index (χ4v) is 1.98. The van der Waals surface area contributed by atoms with Crippen LogP contribution < -0.4 is 4.74 Å². The minimum Gasteiger partial charge on any atom is -0.507 e. The number of carbonyl (C=O) groups excluding carboxylic acids is 1. The van der Waals surface area contributed by atoms with Crippen LogP contribution in [-0.4, -0.2) is 17.5 Å². The number of phenolic OH excluding ortho intramolecular Hbond substituents is 1. The van der Waals surface area contributed by atoms with Crippen LogP contribution in [0.3, 0.4) is 0 Å². The number of Topliss-reactive ketones (excluding diaryl/α,β-unsaturated/α-hetero) is 1. The predicted octanol–water partition coefficient (Wildman–Crippen LogP) is 2.63. The maximum absolute atomic E-state index is 11.5. The maximum Gasteiger partial charge on any atom is 0.203 e. The van der Waals surface area contributed by atoms with Crippen molar-refractivity contribution in [3.05, 3.63) is 48.0 Å². The highest BCUT2D eigenvalue weighted by Crippen LogP contribution is 2.34. The summed E-state index contributed by atoms with van der Waals surface area (Å²) in [5.74, 6) is 0.810. The molecule has 0 amide bonds. The van der Waals surface area contributed by atoms with Crippen molar-refractivity contribution >= 4 is 5.78 Å². The van der Waals surface area contributed by atoms with E-state index in [0.717, 1.165) is 11.1 Å². The second-order valence-corrected chi connectivity index (χ2v) is 3.94. The Bertz CT molecular complexity index is 602. The fraction of sp³-hybridized carbons (Fsp3) is 0.0714. The molecule has 1 aliphatic rings. The van der Waals surface area contributed by atoms with Crippen molar-refractivity contribution < 1.29 is 14.6 Å². The Kier molecular flexibility index (Phi) is 2.11. The highest BCUT2D eigenvalue weighted by atomic mass is 16.5. The summed E-state index contributed by atoms with van der Waals surface area (Å²) in [6.07, 6.45) is 0. The van der Waals surface area contributed by atoms with E-state index < -0.39 is 0 Å². The van der Waals surface area contributed by atoms with Crippen LogP contribution in [0.25, 0.3) is 11.1 Å². The van der Waals surface area contributed by atoms with Crippen LogP contribution in [0.4, 0.5) is 0 Å². The average molecular weight is 226 g/mol. The summed E-state index contributed by atoms with van der Waals surface area (Å²) < 4.78 is 5.22. The molecule has 0 aromatic heterocycles. The molecule has 0 spiro atoms. The van der Waals surface area contributed by atoms with Gasteiger partial charge in [-0.05, 0) is 23.8 Å². The Morgan fingerprint density at radius 1 is 1.06 bits per heavy atom. The molecule has 0 saturated carbocycles. The summed E-state index contributed by atoms with van der Waals surface area (Å²) in [5.41, 5.74) is 2.13. The highest BCUT2D eigenvalue weighted by Gasteiger charge is 2.21. The van der Waals surface area contributed by atoms with E-state index in [1.807, 2.05) is 18.2 Å². The standard InChI is InChI=1S/C14H10O3/c15-12-4-2-1-3-10(12)9-5-6-14-11(7-9)13(16)8-17-14/h1-7,15H,8H2. The number of hydrogen-bond acceptors (Lipinski definition) is 3. The van der Waals surface area contributed by atoms with Gasteiger partial charge in [0.1, 0.15) is 11.5 Å². The molecule has 0 atom stereocenters. The Balaban J connectivity index is 2.15. The maximum atomic E-state index is 11.5. The molecule has 0 bridgehead atoms. The number of rotatable bonds is 1. The van der Waals surface area contributed by atoms with Gasteiger partial charge in [-0.1, -0.05) is 24.3 Å². The van der Waals surface area contributed by atoms with Gasteiger partial charge in [-0.2, -0.15) is 0 Å². The van der Waals surface area contributed by atoms with E-state index >= 15 is 0 Å². The molecule has 0 aliphatic carbocycles. The Morgan fingerprint density at radius 2 is 1.88 bits per heavy atom. The lowest BCUT2D eigenvalue weighted by Gasteiger charge is -2.05. The fourth-order valence-electron chi connectivity index (χ4n) is 1.98. The number of benzene rings is 2. The molecule has 17 heavy (non-hydrogen) atoms. The van der Waals surface area contributed by atoms with Crippen molar-refractivity contribution in [1.29, 1.82) is 0 Å². The third kappa shape index (κ3) is 1.56. The minimum atomic E-state index is -0.0164. The van der Waals surface area contributed by atoms with E-state index in [2.05, 4.69) is 0 Å². The van der Waals surface area contributed by atoms with Crippen LogP contribution >= 0.6 is 0 Å². The first kappa shape index (κ1) is 9.90. The van der Waals surface area contributed by atoms with E-state index in [1.165, 1.54) is 0 Å². The van der Waals surface area contributed by atoms with E-state index in [0.29, 0.717) is 11.3 Å². The second-order valence-electron chi connectivity index (χ2n) is 3.94. The lowest BCUT2D eigenvalue weighted by molar-refractivity contribution is 0.0961. The van der Waals surface area contributed by atoms with E-state index in [9.17, 15) is 9.90 Å². The average Bonchev–Trinajstić information content (AvgIpc) is 2.71. The molecule has 1 N–H and O–H groups in total. The minimum absolute atomic E-state index is 0.0164. The second kappa shape index (κ2) is 3.63. The monoisotopic (exact) mass is 226 g/mol. The molecular weight excluding hydrogens is 216 g/mol. The number of ether oxygens (including phenoxy) is 1. The zero-order valence-corrected chi connectivity index (χ0v) is 9.01. The lowest BCUT2D eigenvalue weighted by Crippen LogP contribution is -1.98. The van der Waals surface area contributed by atoms with Gasteiger partial charge in [0.2, 0.25) is 5.78 Å². The van der Waals surface area contributed by atoms with Gasteiger partial charge >= 0.3 is 0 Å². The summed E-state index contributed by atoms with van der Waals surface area (Å²) in [5, 5.41) is 9.76. The number of hydrogen-bond donors (Lipinski definition) is 1. The van der Waals surface area contributed by atoms with Gasteiger partial charge in [0, 0.05) is 5.56 Å². The molecule has 0 saturated heterocycles. The van der Waals surface area contributed by atoms with Gasteiger partial charge in [0.05, 0.1) is 5.56 Å². The first-order valence-corrected chi connectivity index (χ1v) is 5.34. The topological polar surface area (TPSA) is 46.5 Å². The lowest BCUT2D eigenvalue weighted by atomic mass is 10.0. The molecule has 0 unspecified atom stereocenters. The largest absolute Gasteiger partial charge is 0.507 e. The van der Waals surface area contributed by atoms with Crippen molar-refractivity contribution in [3.63, 3.8) is 0 Å². The van der Waals surface area contributed by atoms with Crippen LogP contribution in [0.2, 0.25) is 0 Å². The van der Waals surface area contributed by atoms with Crippen molar-refractivity contribution in [2.24, 2.45) is 0 Å². The molecule has 0 fully saturated rings. The third-order valence-electron chi connectivity index (χ3n) is 2.85. The quantitative estimate of drug-likeness (QED) is 0.813. The molecule has 3 rings (SSSR count). The molecule has 1 aliphatic heterocycles. The number of ketones is 1. The summed E-state index contributed by atoms with van der Waals surface area (Å²) in [6, 6.07) is 12.4. The van der Waals surface area contributed by atoms with Gasteiger partial charge in [0.15, 0.2) is 6.61 Å². The molecule has 2 aromatic carbocycles. The van der Waals surface area contributed by atoms with Crippen LogP contribution in [0.1, 0.15) is 10.4 Å². The first-order valence-electron chi connectivity index (χ1n) is 5.34. The van der Waals surface area contributed by atoms with E-state index in [4.69, 9.17) is 4.74 Å². The smallest absolute Gasteiger partial charge is 0.203 e. The first-order chi connectivity index (χ1) is 8.25.